The van der Waals surface area contributed by atoms with Crippen LogP contribution >= 0.6 is 0 Å². The van der Waals surface area contributed by atoms with Crippen LogP contribution in [0.3, 0.4) is 0 Å². The second-order valence-electron chi connectivity index (χ2n) is 4.17. The lowest BCUT2D eigenvalue weighted by Crippen LogP contribution is -2.11. The van der Waals surface area contributed by atoms with Crippen LogP contribution in [-0.4, -0.2) is 41.8 Å². The lowest BCUT2D eigenvalue weighted by Gasteiger charge is -2.09. The van der Waals surface area contributed by atoms with Crippen molar-refractivity contribution in [1.29, 1.82) is 0 Å². The van der Waals surface area contributed by atoms with Crippen LogP contribution in [0.4, 0.5) is 11.6 Å². The van der Waals surface area contributed by atoms with Crippen LogP contribution in [0.5, 0.6) is 5.88 Å². The normalized spacial score (nSPS) is 10.3. The van der Waals surface area contributed by atoms with Crippen LogP contribution < -0.4 is 10.1 Å². The molecule has 0 radical (unpaired) electrons. The summed E-state index contributed by atoms with van der Waals surface area (Å²) in [5.41, 5.74) is 0.0924. The molecule has 0 unspecified atom stereocenters. The highest BCUT2D eigenvalue weighted by atomic mass is 16.6. The second kappa shape index (κ2) is 8.26. The van der Waals surface area contributed by atoms with Gasteiger partial charge in [-0.2, -0.15) is 4.98 Å². The zero-order chi connectivity index (χ0) is 15.0. The topological polar surface area (TPSA) is 99.4 Å². The molecule has 0 saturated carbocycles. The highest BCUT2D eigenvalue weighted by molar-refractivity contribution is 5.48. The van der Waals surface area contributed by atoms with Crippen molar-refractivity contribution in [3.63, 3.8) is 0 Å². The van der Waals surface area contributed by atoms with Gasteiger partial charge in [-0.3, -0.25) is 10.1 Å². The average Bonchev–Trinajstić information content (AvgIpc) is 2.40. The van der Waals surface area contributed by atoms with Crippen molar-refractivity contribution in [3.8, 4) is 5.88 Å². The molecule has 0 spiro atoms. The number of aryl methyl sites for hydroxylation is 1. The number of anilines is 1. The predicted octanol–water partition coefficient (Wildman–Crippen LogP) is 1.93. The van der Waals surface area contributed by atoms with E-state index in [0.717, 1.165) is 6.42 Å². The van der Waals surface area contributed by atoms with E-state index >= 15 is 0 Å². The summed E-state index contributed by atoms with van der Waals surface area (Å²) in [6, 6.07) is 0. The molecule has 0 fully saturated rings. The van der Waals surface area contributed by atoms with Gasteiger partial charge in [0, 0.05) is 26.7 Å². The zero-order valence-corrected chi connectivity index (χ0v) is 12.0. The summed E-state index contributed by atoms with van der Waals surface area (Å²) >= 11 is 0. The molecule has 1 rings (SSSR count). The maximum atomic E-state index is 11.1. The lowest BCUT2D eigenvalue weighted by molar-refractivity contribution is -0.387. The number of methoxy groups -OCH3 is 1. The molecule has 0 aliphatic heterocycles. The number of nitrogens with zero attached hydrogens (tertiary/aromatic N) is 3. The molecule has 0 aromatic carbocycles. The average molecular weight is 284 g/mol. The first-order chi connectivity index (χ1) is 9.60. The second-order valence-corrected chi connectivity index (χ2v) is 4.17. The van der Waals surface area contributed by atoms with E-state index in [1.54, 1.807) is 14.0 Å². The highest BCUT2D eigenvalue weighted by Crippen LogP contribution is 2.28. The summed E-state index contributed by atoms with van der Waals surface area (Å²) in [6.07, 6.45) is 1.54. The van der Waals surface area contributed by atoms with Crippen LogP contribution in [0.25, 0.3) is 0 Å². The van der Waals surface area contributed by atoms with Gasteiger partial charge in [0.1, 0.15) is 5.69 Å². The van der Waals surface area contributed by atoms with Crippen LogP contribution in [0.2, 0.25) is 0 Å². The first-order valence-corrected chi connectivity index (χ1v) is 6.48. The Kier molecular flexibility index (Phi) is 6.65. The molecule has 0 saturated heterocycles. The smallest absolute Gasteiger partial charge is 0.352 e. The van der Waals surface area contributed by atoms with E-state index in [1.807, 2.05) is 6.92 Å². The fourth-order valence-corrected chi connectivity index (χ4v) is 1.54. The molecule has 1 heterocycles. The van der Waals surface area contributed by atoms with Gasteiger partial charge >= 0.3 is 5.69 Å². The van der Waals surface area contributed by atoms with E-state index < -0.39 is 4.92 Å². The van der Waals surface area contributed by atoms with Crippen LogP contribution in [-0.2, 0) is 4.74 Å². The molecule has 0 bridgehead atoms. The van der Waals surface area contributed by atoms with Gasteiger partial charge in [0.15, 0.2) is 0 Å². The van der Waals surface area contributed by atoms with Gasteiger partial charge < -0.3 is 14.8 Å². The van der Waals surface area contributed by atoms with Crippen molar-refractivity contribution < 1.29 is 14.4 Å². The van der Waals surface area contributed by atoms with Gasteiger partial charge in [0.05, 0.1) is 11.5 Å². The Labute approximate surface area is 117 Å². The third-order valence-electron chi connectivity index (χ3n) is 2.47. The molecule has 0 atom stereocenters. The Morgan fingerprint density at radius 2 is 2.10 bits per heavy atom. The van der Waals surface area contributed by atoms with Gasteiger partial charge in [-0.25, -0.2) is 4.98 Å². The number of rotatable bonds is 9. The van der Waals surface area contributed by atoms with Gasteiger partial charge in [-0.15, -0.1) is 0 Å². The molecule has 112 valence electrons. The number of nitrogens with one attached hydrogen (secondary N) is 1. The molecular weight excluding hydrogens is 264 g/mol. The molecule has 0 amide bonds. The van der Waals surface area contributed by atoms with Crippen LogP contribution in [0, 0.1) is 17.0 Å². The summed E-state index contributed by atoms with van der Waals surface area (Å²) in [6.45, 7) is 5.10. The Morgan fingerprint density at radius 3 is 2.70 bits per heavy atom. The summed E-state index contributed by atoms with van der Waals surface area (Å²) in [4.78, 5) is 18.7. The Balaban J connectivity index is 2.90. The summed E-state index contributed by atoms with van der Waals surface area (Å²) in [5, 5.41) is 14.1. The summed E-state index contributed by atoms with van der Waals surface area (Å²) in [5.74, 6) is 0.342. The summed E-state index contributed by atoms with van der Waals surface area (Å²) in [7, 11) is 1.59. The van der Waals surface area contributed by atoms with Crippen molar-refractivity contribution in [1.82, 2.24) is 9.97 Å². The maximum absolute atomic E-state index is 11.1. The fraction of sp³-hybridized carbons (Fsp3) is 0.667. The van der Waals surface area contributed by atoms with Crippen molar-refractivity contribution in [2.24, 2.45) is 0 Å². The SMILES string of the molecule is CCCNc1nc(C)c([N+](=O)[O-])c(OCCCOC)n1. The van der Waals surface area contributed by atoms with Crippen LogP contribution in [0.15, 0.2) is 0 Å². The van der Waals surface area contributed by atoms with Crippen molar-refractivity contribution in [3.05, 3.63) is 15.8 Å². The monoisotopic (exact) mass is 284 g/mol. The molecule has 0 aliphatic rings. The van der Waals surface area contributed by atoms with Crippen molar-refractivity contribution in [2.45, 2.75) is 26.7 Å². The molecule has 0 aliphatic carbocycles. The molecule has 1 aromatic rings. The van der Waals surface area contributed by atoms with Crippen LogP contribution in [0.1, 0.15) is 25.5 Å². The lowest BCUT2D eigenvalue weighted by atomic mass is 10.3. The number of aromatic nitrogens is 2. The Hall–Kier alpha value is -1.96. The molecular formula is C12H20N4O4. The number of hydrogen-bond donors (Lipinski definition) is 1. The van der Waals surface area contributed by atoms with Gasteiger partial charge in [0.2, 0.25) is 5.95 Å². The third kappa shape index (κ3) is 4.61. The summed E-state index contributed by atoms with van der Waals surface area (Å²) < 4.78 is 10.3. The van der Waals surface area contributed by atoms with E-state index in [1.165, 1.54) is 0 Å². The van der Waals surface area contributed by atoms with E-state index in [4.69, 9.17) is 9.47 Å². The minimum Gasteiger partial charge on any atom is -0.473 e. The molecule has 8 nitrogen and oxygen atoms in total. The quantitative estimate of drug-likeness (QED) is 0.420. The number of hydrogen-bond acceptors (Lipinski definition) is 7. The molecule has 1 N–H and O–H groups in total. The van der Waals surface area contributed by atoms with Gasteiger partial charge in [0.25, 0.3) is 5.88 Å². The van der Waals surface area contributed by atoms with Crippen molar-refractivity contribution >= 4 is 11.6 Å². The Morgan fingerprint density at radius 1 is 1.35 bits per heavy atom. The van der Waals surface area contributed by atoms with E-state index in [-0.39, 0.29) is 17.3 Å². The predicted molar refractivity (Wildman–Crippen MR) is 74.2 cm³/mol. The number of ether oxygens (including phenoxy) is 2. The fourth-order valence-electron chi connectivity index (χ4n) is 1.54. The largest absolute Gasteiger partial charge is 0.473 e. The molecule has 8 heteroatoms. The maximum Gasteiger partial charge on any atom is 0.352 e. The van der Waals surface area contributed by atoms with Gasteiger partial charge in [-0.1, -0.05) is 6.92 Å². The molecule has 20 heavy (non-hydrogen) atoms. The highest BCUT2D eigenvalue weighted by Gasteiger charge is 2.23. The first-order valence-electron chi connectivity index (χ1n) is 6.48. The first kappa shape index (κ1) is 16.1. The third-order valence-corrected chi connectivity index (χ3v) is 2.47. The molecule has 1 aromatic heterocycles. The zero-order valence-electron chi connectivity index (χ0n) is 12.0. The standard InChI is InChI=1S/C12H20N4O4/c1-4-6-13-12-14-9(2)10(16(17)18)11(15-12)20-8-5-7-19-3/h4-8H2,1-3H3,(H,13,14,15). The van der Waals surface area contributed by atoms with E-state index in [9.17, 15) is 10.1 Å². The number of nitro groups is 1. The van der Waals surface area contributed by atoms with Crippen molar-refractivity contribution in [2.75, 3.05) is 32.2 Å². The van der Waals surface area contributed by atoms with Gasteiger partial charge in [-0.05, 0) is 13.3 Å². The minimum atomic E-state index is -0.523. The van der Waals surface area contributed by atoms with E-state index in [2.05, 4.69) is 15.3 Å². The van der Waals surface area contributed by atoms with E-state index in [0.29, 0.717) is 32.1 Å². The minimum absolute atomic E-state index is 0.00259. The Bertz CT molecular complexity index is 453.